The summed E-state index contributed by atoms with van der Waals surface area (Å²) in [5.74, 6) is -1.91. The molecule has 4 rings (SSSR count). The van der Waals surface area contributed by atoms with Crippen LogP contribution in [0.3, 0.4) is 0 Å². The molecule has 1 saturated heterocycles. The van der Waals surface area contributed by atoms with Gasteiger partial charge in [-0.25, -0.2) is 4.79 Å². The largest absolute Gasteiger partial charge is 0.496 e. The molecule has 0 radical (unpaired) electrons. The second-order valence-corrected chi connectivity index (χ2v) is 8.67. The second-order valence-electron chi connectivity index (χ2n) is 8.26. The van der Waals surface area contributed by atoms with Crippen LogP contribution in [-0.4, -0.2) is 55.0 Å². The number of methoxy groups -OCH3 is 1. The minimum atomic E-state index is -1.32. The minimum Gasteiger partial charge on any atom is -0.496 e. The molecule has 0 unspecified atom stereocenters. The Morgan fingerprint density at radius 1 is 0.973 bits per heavy atom. The number of para-hydroxylation sites is 2. The molecule has 1 aliphatic heterocycles. The maximum Gasteiger partial charge on any atom is 0.326 e. The summed E-state index contributed by atoms with van der Waals surface area (Å²) >= 11 is 6.08. The van der Waals surface area contributed by atoms with Crippen molar-refractivity contribution in [2.24, 2.45) is 0 Å². The molecule has 1 fully saturated rings. The molecule has 9 nitrogen and oxygen atoms in total. The first-order chi connectivity index (χ1) is 17.9. The lowest BCUT2D eigenvalue weighted by molar-refractivity contribution is -0.144. The third kappa shape index (κ3) is 6.26. The summed E-state index contributed by atoms with van der Waals surface area (Å²) in [5.41, 5.74) is 2.85. The molecule has 0 aliphatic carbocycles. The molecule has 1 aliphatic rings. The van der Waals surface area contributed by atoms with Crippen molar-refractivity contribution < 1.29 is 33.7 Å². The molecule has 37 heavy (non-hydrogen) atoms. The van der Waals surface area contributed by atoms with Gasteiger partial charge in [-0.15, -0.1) is 0 Å². The Kier molecular flexibility index (Phi) is 8.39. The van der Waals surface area contributed by atoms with Gasteiger partial charge in [0.05, 0.1) is 17.8 Å². The molecule has 10 heteroatoms. The lowest BCUT2D eigenvalue weighted by Crippen LogP contribution is -2.51. The van der Waals surface area contributed by atoms with Crippen LogP contribution in [0, 0.1) is 0 Å². The van der Waals surface area contributed by atoms with Crippen LogP contribution in [0.25, 0.3) is 11.1 Å². The SMILES string of the molecule is COc1ccccc1-c1ccc(C[C@H](NC(=O)[C@@H]2OCO[C@H]2C(=O)Nc2ccccc2Cl)C(=O)O)cc1. The number of aliphatic carboxylic acids is 1. The molecule has 0 bridgehead atoms. The number of carboxylic acids is 1. The second kappa shape index (κ2) is 11.9. The van der Waals surface area contributed by atoms with Crippen molar-refractivity contribution in [3.8, 4) is 16.9 Å². The Hall–Kier alpha value is -3.92. The zero-order valence-corrected chi connectivity index (χ0v) is 20.6. The normalized spacial score (nSPS) is 17.6. The molecule has 0 saturated carbocycles. The highest BCUT2D eigenvalue weighted by atomic mass is 35.5. The summed E-state index contributed by atoms with van der Waals surface area (Å²) in [7, 11) is 1.59. The van der Waals surface area contributed by atoms with E-state index in [1.807, 2.05) is 36.4 Å². The number of anilines is 1. The van der Waals surface area contributed by atoms with Gasteiger partial charge < -0.3 is 30.0 Å². The van der Waals surface area contributed by atoms with Gasteiger partial charge in [0.25, 0.3) is 11.8 Å². The van der Waals surface area contributed by atoms with E-state index in [9.17, 15) is 19.5 Å². The summed E-state index contributed by atoms with van der Waals surface area (Å²) in [6, 6.07) is 20.2. The fraction of sp³-hybridized carbons (Fsp3) is 0.222. The molecular weight excluding hydrogens is 500 g/mol. The van der Waals surface area contributed by atoms with Gasteiger partial charge in [-0.05, 0) is 29.3 Å². The predicted molar refractivity (Wildman–Crippen MR) is 136 cm³/mol. The molecule has 3 N–H and O–H groups in total. The maximum absolute atomic E-state index is 12.9. The van der Waals surface area contributed by atoms with Gasteiger partial charge in [-0.1, -0.05) is 66.2 Å². The van der Waals surface area contributed by atoms with Crippen molar-refractivity contribution in [3.63, 3.8) is 0 Å². The molecule has 192 valence electrons. The Balaban J connectivity index is 1.41. The Labute approximate surface area is 218 Å². The number of carboxylic acid groups (broad SMARTS) is 1. The summed E-state index contributed by atoms with van der Waals surface area (Å²) in [6.45, 7) is -0.291. The van der Waals surface area contributed by atoms with Gasteiger partial charge in [-0.2, -0.15) is 0 Å². The molecular formula is C27H25ClN2O7. The average Bonchev–Trinajstić information content (AvgIpc) is 3.40. The van der Waals surface area contributed by atoms with Crippen LogP contribution in [-0.2, 0) is 30.3 Å². The first kappa shape index (κ1) is 26.2. The van der Waals surface area contributed by atoms with E-state index in [0.717, 1.165) is 16.9 Å². The zero-order chi connectivity index (χ0) is 26.4. The molecule has 0 aromatic heterocycles. The van der Waals surface area contributed by atoms with Crippen molar-refractivity contribution in [2.45, 2.75) is 24.7 Å². The zero-order valence-electron chi connectivity index (χ0n) is 19.8. The summed E-state index contributed by atoms with van der Waals surface area (Å²) in [6.07, 6.45) is -2.57. The van der Waals surface area contributed by atoms with E-state index in [4.69, 9.17) is 25.8 Å². The number of halogens is 1. The number of hydrogen-bond acceptors (Lipinski definition) is 6. The van der Waals surface area contributed by atoms with Crippen molar-refractivity contribution in [1.29, 1.82) is 0 Å². The number of carbonyl (C=O) groups is 3. The van der Waals surface area contributed by atoms with Crippen LogP contribution in [0.1, 0.15) is 5.56 Å². The van der Waals surface area contributed by atoms with Crippen molar-refractivity contribution in [2.75, 3.05) is 19.2 Å². The number of nitrogens with one attached hydrogen (secondary N) is 2. The highest BCUT2D eigenvalue weighted by molar-refractivity contribution is 6.33. The number of rotatable bonds is 9. The van der Waals surface area contributed by atoms with E-state index in [1.165, 1.54) is 0 Å². The summed E-state index contributed by atoms with van der Waals surface area (Å²) in [4.78, 5) is 37.5. The van der Waals surface area contributed by atoms with Crippen LogP contribution in [0.15, 0.2) is 72.8 Å². The van der Waals surface area contributed by atoms with Crippen LogP contribution in [0.2, 0.25) is 5.02 Å². The van der Waals surface area contributed by atoms with Crippen molar-refractivity contribution in [3.05, 3.63) is 83.4 Å². The Morgan fingerprint density at radius 2 is 1.62 bits per heavy atom. The Morgan fingerprint density at radius 3 is 2.30 bits per heavy atom. The van der Waals surface area contributed by atoms with Gasteiger partial charge in [0, 0.05) is 12.0 Å². The quantitative estimate of drug-likeness (QED) is 0.391. The van der Waals surface area contributed by atoms with Crippen LogP contribution < -0.4 is 15.4 Å². The van der Waals surface area contributed by atoms with E-state index < -0.39 is 36.0 Å². The van der Waals surface area contributed by atoms with E-state index in [2.05, 4.69) is 10.6 Å². The molecule has 2 amide bonds. The van der Waals surface area contributed by atoms with E-state index in [0.29, 0.717) is 16.3 Å². The van der Waals surface area contributed by atoms with Crippen molar-refractivity contribution >= 4 is 35.1 Å². The number of carbonyl (C=O) groups excluding carboxylic acids is 2. The molecule has 0 spiro atoms. The monoisotopic (exact) mass is 524 g/mol. The number of hydrogen-bond donors (Lipinski definition) is 3. The molecule has 3 aromatic carbocycles. The first-order valence-corrected chi connectivity index (χ1v) is 11.8. The number of ether oxygens (including phenoxy) is 3. The fourth-order valence-corrected chi connectivity index (χ4v) is 4.13. The number of amides is 2. The predicted octanol–water partition coefficient (Wildman–Crippen LogP) is 3.51. The molecule has 3 aromatic rings. The summed E-state index contributed by atoms with van der Waals surface area (Å²) < 4.78 is 16.0. The first-order valence-electron chi connectivity index (χ1n) is 11.4. The standard InChI is InChI=1S/C27H25ClN2O7/c1-35-22-9-5-2-6-18(22)17-12-10-16(11-13-17)14-21(27(33)34)30-26(32)24-23(36-15-37-24)25(31)29-20-8-4-3-7-19(20)28/h2-13,21,23-24H,14-15H2,1H3,(H,29,31)(H,30,32)(H,33,34)/t21-,23+,24+/m0/s1. The molecule has 1 heterocycles. The van der Waals surface area contributed by atoms with Crippen LogP contribution >= 0.6 is 11.6 Å². The lowest BCUT2D eigenvalue weighted by atomic mass is 9.99. The smallest absolute Gasteiger partial charge is 0.326 e. The van der Waals surface area contributed by atoms with Gasteiger partial charge in [0.15, 0.2) is 12.2 Å². The Bertz CT molecular complexity index is 1280. The van der Waals surface area contributed by atoms with Crippen molar-refractivity contribution in [1.82, 2.24) is 5.32 Å². The van der Waals surface area contributed by atoms with E-state index >= 15 is 0 Å². The topological polar surface area (TPSA) is 123 Å². The average molecular weight is 525 g/mol. The lowest BCUT2D eigenvalue weighted by Gasteiger charge is -2.20. The third-order valence-electron chi connectivity index (χ3n) is 5.85. The molecule has 3 atom stereocenters. The summed E-state index contributed by atoms with van der Waals surface area (Å²) in [5, 5.41) is 15.1. The van der Waals surface area contributed by atoms with Crippen LogP contribution in [0.5, 0.6) is 5.75 Å². The van der Waals surface area contributed by atoms with E-state index in [1.54, 1.807) is 43.5 Å². The van der Waals surface area contributed by atoms with Crippen LogP contribution in [0.4, 0.5) is 5.69 Å². The maximum atomic E-state index is 12.9. The highest BCUT2D eigenvalue weighted by Crippen LogP contribution is 2.30. The minimum absolute atomic E-state index is 0.0251. The number of benzene rings is 3. The van der Waals surface area contributed by atoms with Gasteiger partial charge in [0.1, 0.15) is 18.6 Å². The highest BCUT2D eigenvalue weighted by Gasteiger charge is 2.41. The van der Waals surface area contributed by atoms with Gasteiger partial charge in [-0.3, -0.25) is 9.59 Å². The van der Waals surface area contributed by atoms with Gasteiger partial charge >= 0.3 is 5.97 Å². The van der Waals surface area contributed by atoms with E-state index in [-0.39, 0.29) is 13.2 Å². The third-order valence-corrected chi connectivity index (χ3v) is 6.17. The fourth-order valence-electron chi connectivity index (χ4n) is 3.95. The van der Waals surface area contributed by atoms with Gasteiger partial charge in [0.2, 0.25) is 0 Å².